The highest BCUT2D eigenvalue weighted by molar-refractivity contribution is 7.84. The van der Waals surface area contributed by atoms with Crippen molar-refractivity contribution in [1.82, 2.24) is 4.72 Å². The van der Waals surface area contributed by atoms with Crippen LogP contribution in [0.25, 0.3) is 0 Å². The Labute approximate surface area is 68.2 Å². The number of rotatable bonds is 4. The molecule has 0 fully saturated rings. The van der Waals surface area contributed by atoms with Gasteiger partial charge in [0, 0.05) is 6.04 Å². The van der Waals surface area contributed by atoms with Gasteiger partial charge in [0.15, 0.2) is 0 Å². The second-order valence-electron chi connectivity index (χ2n) is 2.87. The summed E-state index contributed by atoms with van der Waals surface area (Å²) in [6.45, 7) is 6.81. The van der Waals surface area contributed by atoms with Crippen LogP contribution in [0.15, 0.2) is 0 Å². The maximum atomic E-state index is 10.9. The van der Waals surface area contributed by atoms with Gasteiger partial charge in [-0.2, -0.15) is 13.1 Å². The molecule has 0 heterocycles. The Balaban J connectivity index is 4.03. The fourth-order valence-corrected chi connectivity index (χ4v) is 1.71. The number of hydrogen-bond acceptors (Lipinski definition) is 3. The molecule has 1 N–H and O–H groups in total. The maximum absolute atomic E-state index is 10.9. The minimum absolute atomic E-state index is 0.126. The van der Waals surface area contributed by atoms with E-state index in [0.29, 0.717) is 0 Å². The first-order valence-electron chi connectivity index (χ1n) is 3.54. The summed E-state index contributed by atoms with van der Waals surface area (Å²) >= 11 is 0. The monoisotopic (exact) mass is 181 g/mol. The lowest BCUT2D eigenvalue weighted by atomic mass is 10.4. The first-order valence-corrected chi connectivity index (χ1v) is 4.95. The lowest BCUT2D eigenvalue weighted by Gasteiger charge is -2.11. The van der Waals surface area contributed by atoms with Gasteiger partial charge in [-0.25, -0.2) is 0 Å². The van der Waals surface area contributed by atoms with Gasteiger partial charge in [0.2, 0.25) is 0 Å². The van der Waals surface area contributed by atoms with E-state index in [0.717, 1.165) is 0 Å². The molecule has 5 heteroatoms. The van der Waals surface area contributed by atoms with Gasteiger partial charge in [-0.15, -0.1) is 0 Å². The Morgan fingerprint density at radius 1 is 1.18 bits per heavy atom. The van der Waals surface area contributed by atoms with Gasteiger partial charge >= 0.3 is 10.3 Å². The van der Waals surface area contributed by atoms with Crippen molar-refractivity contribution in [1.29, 1.82) is 0 Å². The quantitative estimate of drug-likeness (QED) is 0.693. The third-order valence-corrected chi connectivity index (χ3v) is 2.10. The lowest BCUT2D eigenvalue weighted by molar-refractivity contribution is 0.242. The minimum atomic E-state index is -3.53. The Morgan fingerprint density at radius 3 is 1.91 bits per heavy atom. The van der Waals surface area contributed by atoms with Crippen LogP contribution in [-0.2, 0) is 14.5 Å². The fourth-order valence-electron chi connectivity index (χ4n) is 0.570. The van der Waals surface area contributed by atoms with E-state index in [1.807, 2.05) is 0 Å². The Bertz CT molecular complexity index is 180. The van der Waals surface area contributed by atoms with Crippen LogP contribution in [0.4, 0.5) is 0 Å². The predicted molar refractivity (Wildman–Crippen MR) is 43.4 cm³/mol. The zero-order valence-electron chi connectivity index (χ0n) is 7.29. The second-order valence-corrected chi connectivity index (χ2v) is 4.21. The summed E-state index contributed by atoms with van der Waals surface area (Å²) in [5, 5.41) is 0. The van der Waals surface area contributed by atoms with Crippen LogP contribution >= 0.6 is 0 Å². The second kappa shape index (κ2) is 4.04. The molecule has 0 aromatic rings. The molecule has 0 aliphatic carbocycles. The maximum Gasteiger partial charge on any atom is 0.336 e. The largest absolute Gasteiger partial charge is 0.336 e. The van der Waals surface area contributed by atoms with E-state index in [-0.39, 0.29) is 12.1 Å². The van der Waals surface area contributed by atoms with Crippen molar-refractivity contribution in [2.75, 3.05) is 0 Å². The number of hydrogen-bond donors (Lipinski definition) is 1. The SMILES string of the molecule is CC(C)NS(=O)(=O)OC(C)C. The highest BCUT2D eigenvalue weighted by Crippen LogP contribution is 1.96. The summed E-state index contributed by atoms with van der Waals surface area (Å²) in [6.07, 6.45) is -0.314. The summed E-state index contributed by atoms with van der Waals surface area (Å²) in [5.74, 6) is 0. The smallest absolute Gasteiger partial charge is 0.255 e. The van der Waals surface area contributed by atoms with Crippen LogP contribution in [0.5, 0.6) is 0 Å². The standard InChI is InChI=1S/C6H15NO3S/c1-5(2)7-11(8,9)10-6(3)4/h5-7H,1-4H3. The molecular weight excluding hydrogens is 166 g/mol. The molecule has 0 radical (unpaired) electrons. The highest BCUT2D eigenvalue weighted by atomic mass is 32.2. The van der Waals surface area contributed by atoms with E-state index in [1.54, 1.807) is 27.7 Å². The molecule has 0 saturated carbocycles. The molecule has 0 amide bonds. The molecule has 0 aliphatic heterocycles. The van der Waals surface area contributed by atoms with Gasteiger partial charge in [-0.05, 0) is 27.7 Å². The molecular formula is C6H15NO3S. The lowest BCUT2D eigenvalue weighted by Crippen LogP contribution is -2.33. The number of nitrogens with one attached hydrogen (secondary N) is 1. The van der Waals surface area contributed by atoms with Crippen LogP contribution in [0.2, 0.25) is 0 Å². The molecule has 4 nitrogen and oxygen atoms in total. The zero-order chi connectivity index (χ0) is 9.07. The van der Waals surface area contributed by atoms with Crippen LogP contribution in [0.1, 0.15) is 27.7 Å². The summed E-state index contributed by atoms with van der Waals surface area (Å²) in [6, 6.07) is -0.126. The van der Waals surface area contributed by atoms with E-state index in [9.17, 15) is 8.42 Å². The molecule has 0 aromatic carbocycles. The molecule has 0 unspecified atom stereocenters. The first kappa shape index (κ1) is 10.9. The summed E-state index contributed by atoms with van der Waals surface area (Å²) in [5.41, 5.74) is 0. The molecule has 0 bridgehead atoms. The summed E-state index contributed by atoms with van der Waals surface area (Å²) in [4.78, 5) is 0. The van der Waals surface area contributed by atoms with Gasteiger partial charge in [0.25, 0.3) is 0 Å². The van der Waals surface area contributed by atoms with Gasteiger partial charge in [0.05, 0.1) is 6.10 Å². The van der Waals surface area contributed by atoms with Crippen molar-refractivity contribution in [2.24, 2.45) is 0 Å². The average molecular weight is 181 g/mol. The first-order chi connectivity index (χ1) is 4.83. The van der Waals surface area contributed by atoms with Gasteiger partial charge in [0.1, 0.15) is 0 Å². The predicted octanol–water partition coefficient (Wildman–Crippen LogP) is 0.654. The van der Waals surface area contributed by atoms with Crippen molar-refractivity contribution >= 4 is 10.3 Å². The van der Waals surface area contributed by atoms with Crippen LogP contribution in [0.3, 0.4) is 0 Å². The molecule has 11 heavy (non-hydrogen) atoms. The van der Waals surface area contributed by atoms with E-state index in [1.165, 1.54) is 0 Å². The third kappa shape index (κ3) is 6.28. The van der Waals surface area contributed by atoms with Crippen LogP contribution in [0, 0.1) is 0 Å². The van der Waals surface area contributed by atoms with E-state index in [4.69, 9.17) is 0 Å². The van der Waals surface area contributed by atoms with Crippen molar-refractivity contribution in [2.45, 2.75) is 39.8 Å². The highest BCUT2D eigenvalue weighted by Gasteiger charge is 2.13. The van der Waals surface area contributed by atoms with Crippen molar-refractivity contribution < 1.29 is 12.6 Å². The van der Waals surface area contributed by atoms with Crippen LogP contribution in [-0.4, -0.2) is 20.6 Å². The zero-order valence-corrected chi connectivity index (χ0v) is 8.10. The molecule has 68 valence electrons. The van der Waals surface area contributed by atoms with E-state index >= 15 is 0 Å². The van der Waals surface area contributed by atoms with Gasteiger partial charge in [-0.3, -0.25) is 4.18 Å². The normalized spacial score (nSPS) is 12.9. The van der Waals surface area contributed by atoms with Crippen LogP contribution < -0.4 is 4.72 Å². The average Bonchev–Trinajstić information content (AvgIpc) is 1.53. The van der Waals surface area contributed by atoms with Crippen molar-refractivity contribution in [3.05, 3.63) is 0 Å². The molecule has 0 rings (SSSR count). The van der Waals surface area contributed by atoms with Crippen molar-refractivity contribution in [3.8, 4) is 0 Å². The Morgan fingerprint density at radius 2 is 1.64 bits per heavy atom. The molecule has 0 spiro atoms. The van der Waals surface area contributed by atoms with E-state index < -0.39 is 10.3 Å². The summed E-state index contributed by atoms with van der Waals surface area (Å²) < 4.78 is 28.7. The fraction of sp³-hybridized carbons (Fsp3) is 1.00. The van der Waals surface area contributed by atoms with Gasteiger partial charge in [-0.1, -0.05) is 0 Å². The summed E-state index contributed by atoms with van der Waals surface area (Å²) in [7, 11) is -3.53. The molecule has 0 aromatic heterocycles. The van der Waals surface area contributed by atoms with Crippen molar-refractivity contribution in [3.63, 3.8) is 0 Å². The Kier molecular flexibility index (Phi) is 3.99. The molecule has 0 saturated heterocycles. The minimum Gasteiger partial charge on any atom is -0.255 e. The van der Waals surface area contributed by atoms with Gasteiger partial charge < -0.3 is 0 Å². The third-order valence-electron chi connectivity index (χ3n) is 0.699. The molecule has 0 aliphatic rings. The molecule has 0 atom stereocenters. The van der Waals surface area contributed by atoms with E-state index in [2.05, 4.69) is 8.91 Å². The Hall–Kier alpha value is -0.130. The topological polar surface area (TPSA) is 55.4 Å².